The maximum atomic E-state index is 14.8. The number of Topliss-reactive ketones (excluding diaryl/α,β-unsaturated/α-hetero) is 1. The van der Waals surface area contributed by atoms with Crippen molar-refractivity contribution in [2.45, 2.75) is 45.6 Å². The van der Waals surface area contributed by atoms with Gasteiger partial charge in [0.1, 0.15) is 30.3 Å². The zero-order chi connectivity index (χ0) is 37.0. The van der Waals surface area contributed by atoms with E-state index < -0.39 is 49.5 Å². The smallest absolute Gasteiger partial charge is 0.245 e. The van der Waals surface area contributed by atoms with E-state index in [1.165, 1.54) is 36.5 Å². The SMILES string of the molecule is C=CCNc1ncc(-c2cc3c(C(C)=O)nn(CC(=O)N4C[C@H](F)CC4C(=O)NCc4cc(C=C)cc(Cl)c4F)c3cc2P(C)(=O)OCC)cn1. The highest BCUT2D eigenvalue weighted by Gasteiger charge is 2.40. The van der Waals surface area contributed by atoms with Crippen molar-refractivity contribution in [3.05, 3.63) is 83.6 Å². The molecule has 1 aliphatic rings. The van der Waals surface area contributed by atoms with Crippen molar-refractivity contribution in [2.75, 3.05) is 31.7 Å². The van der Waals surface area contributed by atoms with Crippen LogP contribution in [-0.2, 0) is 31.8 Å². The summed E-state index contributed by atoms with van der Waals surface area (Å²) in [5.74, 6) is -2.09. The lowest BCUT2D eigenvalue weighted by Crippen LogP contribution is -2.46. The lowest BCUT2D eigenvalue weighted by Gasteiger charge is -2.24. The number of benzene rings is 2. The Kier molecular flexibility index (Phi) is 11.5. The van der Waals surface area contributed by atoms with Crippen LogP contribution in [0.3, 0.4) is 0 Å². The molecule has 51 heavy (non-hydrogen) atoms. The average Bonchev–Trinajstić information content (AvgIpc) is 3.67. The zero-order valence-electron chi connectivity index (χ0n) is 28.3. The van der Waals surface area contributed by atoms with Crippen molar-refractivity contribution in [1.29, 1.82) is 0 Å². The molecule has 2 unspecified atom stereocenters. The molecule has 3 heterocycles. The number of alkyl halides is 1. The lowest BCUT2D eigenvalue weighted by molar-refractivity contribution is -0.139. The van der Waals surface area contributed by atoms with Gasteiger partial charge in [0.05, 0.1) is 23.7 Å². The molecule has 5 rings (SSSR count). The number of nitrogens with zero attached hydrogens (tertiary/aromatic N) is 5. The predicted molar refractivity (Wildman–Crippen MR) is 193 cm³/mol. The number of carbonyl (C=O) groups excluding carboxylic acids is 3. The van der Waals surface area contributed by atoms with Crippen LogP contribution < -0.4 is 15.9 Å². The van der Waals surface area contributed by atoms with E-state index in [4.69, 9.17) is 16.1 Å². The number of rotatable bonds is 14. The van der Waals surface area contributed by atoms with Gasteiger partial charge in [-0.2, -0.15) is 5.10 Å². The van der Waals surface area contributed by atoms with E-state index in [-0.39, 0.29) is 47.7 Å². The average molecular weight is 740 g/mol. The first-order chi connectivity index (χ1) is 24.3. The molecule has 4 aromatic rings. The maximum Gasteiger partial charge on any atom is 0.245 e. The number of hydrogen-bond donors (Lipinski definition) is 2. The van der Waals surface area contributed by atoms with Crippen molar-refractivity contribution in [1.82, 2.24) is 30.0 Å². The van der Waals surface area contributed by atoms with Gasteiger partial charge < -0.3 is 20.1 Å². The number of fused-ring (bicyclic) bond motifs is 1. The van der Waals surface area contributed by atoms with E-state index in [1.54, 1.807) is 37.5 Å². The summed E-state index contributed by atoms with van der Waals surface area (Å²) in [5, 5.41) is 10.5. The molecule has 1 aliphatic heterocycles. The van der Waals surface area contributed by atoms with Gasteiger partial charge in [-0.3, -0.25) is 23.6 Å². The molecule has 2 N–H and O–H groups in total. The lowest BCUT2D eigenvalue weighted by atomic mass is 10.0. The molecule has 16 heteroatoms. The van der Waals surface area contributed by atoms with Gasteiger partial charge >= 0.3 is 0 Å². The van der Waals surface area contributed by atoms with Gasteiger partial charge in [0, 0.05) is 67.3 Å². The number of halogens is 3. The van der Waals surface area contributed by atoms with Gasteiger partial charge in [0.15, 0.2) is 5.78 Å². The highest BCUT2D eigenvalue weighted by Crippen LogP contribution is 2.45. The van der Waals surface area contributed by atoms with Crippen LogP contribution in [0.25, 0.3) is 28.1 Å². The molecule has 0 radical (unpaired) electrons. The first kappa shape index (κ1) is 37.5. The highest BCUT2D eigenvalue weighted by molar-refractivity contribution is 7.66. The summed E-state index contributed by atoms with van der Waals surface area (Å²) < 4.78 is 50.4. The van der Waals surface area contributed by atoms with E-state index in [0.29, 0.717) is 40.1 Å². The second kappa shape index (κ2) is 15.6. The molecule has 0 spiro atoms. The Morgan fingerprint density at radius 2 is 1.90 bits per heavy atom. The monoisotopic (exact) mass is 739 g/mol. The Morgan fingerprint density at radius 1 is 1.18 bits per heavy atom. The fraction of sp³-hybridized carbons (Fsp3) is 0.314. The number of amides is 2. The molecular formula is C35H37ClF2N7O5P. The Labute approximate surface area is 298 Å². The molecular weight excluding hydrogens is 703 g/mol. The van der Waals surface area contributed by atoms with Gasteiger partial charge in [-0.25, -0.2) is 18.7 Å². The van der Waals surface area contributed by atoms with Crippen LogP contribution in [0.5, 0.6) is 0 Å². The third kappa shape index (κ3) is 8.08. The predicted octanol–water partition coefficient (Wildman–Crippen LogP) is 5.55. The first-order valence-electron chi connectivity index (χ1n) is 16.0. The minimum atomic E-state index is -3.50. The molecule has 0 bridgehead atoms. The fourth-order valence-electron chi connectivity index (χ4n) is 5.94. The largest absolute Gasteiger partial charge is 0.351 e. The maximum absolute atomic E-state index is 14.8. The number of likely N-dealkylation sites (tertiary alicyclic amines) is 1. The van der Waals surface area contributed by atoms with Crippen LogP contribution in [0, 0.1) is 5.82 Å². The number of nitrogens with one attached hydrogen (secondary N) is 2. The zero-order valence-corrected chi connectivity index (χ0v) is 29.9. The topological polar surface area (TPSA) is 148 Å². The summed E-state index contributed by atoms with van der Waals surface area (Å²) >= 11 is 5.97. The standard InChI is InChI=1S/C35H37ClF2N7O5P/c1-6-9-39-35-41-16-23(17-42-35)25-13-26-28(14-30(25)51(5,49)50-8-3)45(43-33(26)20(4)46)19-31(47)44-18-24(37)12-29(44)34(48)40-15-22-10-21(7-2)11-27(36)32(22)38/h6-7,10-11,13-14,16-17,24,29H,1-2,8-9,12,15,18-19H2,3-5H3,(H,40,48)(H,39,41,42)/t24-,29?,51?/m1/s1. The Balaban J connectivity index is 1.48. The van der Waals surface area contributed by atoms with Gasteiger partial charge in [-0.05, 0) is 42.3 Å². The van der Waals surface area contributed by atoms with Gasteiger partial charge in [0.2, 0.25) is 25.1 Å². The van der Waals surface area contributed by atoms with Crippen LogP contribution >= 0.6 is 19.0 Å². The molecule has 1 fully saturated rings. The van der Waals surface area contributed by atoms with Crippen molar-refractivity contribution in [2.24, 2.45) is 0 Å². The number of aromatic nitrogens is 4. The first-order valence-corrected chi connectivity index (χ1v) is 18.5. The molecule has 3 atom stereocenters. The molecule has 0 aliphatic carbocycles. The Morgan fingerprint density at radius 3 is 2.55 bits per heavy atom. The van der Waals surface area contributed by atoms with Crippen LogP contribution in [0.2, 0.25) is 5.02 Å². The van der Waals surface area contributed by atoms with Crippen LogP contribution in [0.15, 0.2) is 55.9 Å². The summed E-state index contributed by atoms with van der Waals surface area (Å²) in [4.78, 5) is 49.6. The van der Waals surface area contributed by atoms with Crippen molar-refractivity contribution >= 4 is 64.8 Å². The highest BCUT2D eigenvalue weighted by atomic mass is 35.5. The van der Waals surface area contributed by atoms with Gasteiger partial charge in [-0.15, -0.1) is 6.58 Å². The fourth-order valence-corrected chi connectivity index (χ4v) is 7.81. The Bertz CT molecular complexity index is 2070. The summed E-state index contributed by atoms with van der Waals surface area (Å²) in [7, 11) is -3.50. The number of ketones is 1. The summed E-state index contributed by atoms with van der Waals surface area (Å²) in [6.45, 7) is 11.3. The molecule has 2 aromatic carbocycles. The summed E-state index contributed by atoms with van der Waals surface area (Å²) in [6, 6.07) is 4.87. The quantitative estimate of drug-likeness (QED) is 0.0965. The van der Waals surface area contributed by atoms with Crippen molar-refractivity contribution in [3.8, 4) is 11.1 Å². The van der Waals surface area contributed by atoms with Crippen LogP contribution in [0.4, 0.5) is 14.7 Å². The molecule has 1 saturated heterocycles. The van der Waals surface area contributed by atoms with E-state index in [0.717, 1.165) is 4.90 Å². The molecule has 2 amide bonds. The van der Waals surface area contributed by atoms with Crippen molar-refractivity contribution < 1.29 is 32.3 Å². The van der Waals surface area contributed by atoms with E-state index >= 15 is 0 Å². The van der Waals surface area contributed by atoms with Gasteiger partial charge in [-0.1, -0.05) is 30.3 Å². The van der Waals surface area contributed by atoms with E-state index in [9.17, 15) is 27.7 Å². The Hall–Kier alpha value is -4.78. The molecule has 268 valence electrons. The summed E-state index contributed by atoms with van der Waals surface area (Å²) in [5.41, 5.74) is 1.92. The normalized spacial score (nSPS) is 16.9. The second-order valence-electron chi connectivity index (χ2n) is 12.0. The molecule has 2 aromatic heterocycles. The minimum absolute atomic E-state index is 0.0414. The van der Waals surface area contributed by atoms with Crippen LogP contribution in [0.1, 0.15) is 41.9 Å². The second-order valence-corrected chi connectivity index (χ2v) is 14.8. The van der Waals surface area contributed by atoms with Crippen LogP contribution in [-0.4, -0.2) is 80.8 Å². The minimum Gasteiger partial charge on any atom is -0.351 e. The number of hydrogen-bond acceptors (Lipinski definition) is 9. The summed E-state index contributed by atoms with van der Waals surface area (Å²) in [6.07, 6.45) is 4.46. The third-order valence-corrected chi connectivity index (χ3v) is 10.6. The van der Waals surface area contributed by atoms with E-state index in [2.05, 4.69) is 38.9 Å². The molecule has 0 saturated carbocycles. The van der Waals surface area contributed by atoms with E-state index in [1.807, 2.05) is 0 Å². The van der Waals surface area contributed by atoms with Crippen molar-refractivity contribution in [3.63, 3.8) is 0 Å². The number of carbonyl (C=O) groups is 3. The third-order valence-electron chi connectivity index (χ3n) is 8.35. The van der Waals surface area contributed by atoms with Gasteiger partial charge in [0.25, 0.3) is 0 Å². The molecule has 12 nitrogen and oxygen atoms in total. The number of anilines is 1.